The Morgan fingerprint density at radius 1 is 0.600 bits per heavy atom. The van der Waals surface area contributed by atoms with Gasteiger partial charge >= 0.3 is 0 Å². The van der Waals surface area contributed by atoms with E-state index in [4.69, 9.17) is 0 Å². The Morgan fingerprint density at radius 2 is 1.25 bits per heavy atom. The second-order valence-electron chi connectivity index (χ2n) is 10.6. The Hall–Kier alpha value is -4.14. The van der Waals surface area contributed by atoms with Crippen molar-refractivity contribution < 1.29 is 0 Å². The first-order valence-corrected chi connectivity index (χ1v) is 14.8. The molecule has 0 amide bonds. The van der Waals surface area contributed by atoms with Gasteiger partial charge in [-0.3, -0.25) is 0 Å². The Morgan fingerprint density at radius 3 is 1.98 bits per heavy atom. The quantitative estimate of drug-likeness (QED) is 0.189. The third kappa shape index (κ3) is 3.82. The van der Waals surface area contributed by atoms with Crippen LogP contribution in [0.5, 0.6) is 0 Å². The maximum absolute atomic E-state index is 3.85. The molecule has 0 heterocycles. The third-order valence-electron chi connectivity index (χ3n) is 8.36. The molecule has 1 aliphatic rings. The van der Waals surface area contributed by atoms with Gasteiger partial charge in [-0.2, -0.15) is 0 Å². The van der Waals surface area contributed by atoms with Gasteiger partial charge in [0.2, 0.25) is 0 Å². The predicted molar refractivity (Wildman–Crippen MR) is 173 cm³/mol. The highest BCUT2D eigenvalue weighted by Crippen LogP contribution is 2.59. The summed E-state index contributed by atoms with van der Waals surface area (Å²) in [5.41, 5.74) is 10.0. The van der Waals surface area contributed by atoms with E-state index in [2.05, 4.69) is 167 Å². The van der Waals surface area contributed by atoms with Crippen molar-refractivity contribution in [1.29, 1.82) is 0 Å². The number of hydrogen-bond acceptors (Lipinski definition) is 1. The van der Waals surface area contributed by atoms with Crippen LogP contribution in [0.1, 0.15) is 36.5 Å². The van der Waals surface area contributed by atoms with E-state index in [9.17, 15) is 0 Å². The summed E-state index contributed by atoms with van der Waals surface area (Å²) in [6.07, 6.45) is 2.07. The highest BCUT2D eigenvalue weighted by Gasteiger charge is 2.46. The summed E-state index contributed by atoms with van der Waals surface area (Å²) >= 11 is 3.85. The number of rotatable bonds is 6. The Labute approximate surface area is 244 Å². The smallest absolute Gasteiger partial charge is 0.0506 e. The Kier molecular flexibility index (Phi) is 6.29. The zero-order chi connectivity index (χ0) is 27.1. The molecule has 0 fully saturated rings. The van der Waals surface area contributed by atoms with Crippen molar-refractivity contribution >= 4 is 43.8 Å². The normalized spacial score (nSPS) is 15.6. The van der Waals surface area contributed by atoms with Gasteiger partial charge < -0.3 is 4.90 Å². The molecule has 1 atom stereocenters. The van der Waals surface area contributed by atoms with E-state index >= 15 is 0 Å². The lowest BCUT2D eigenvalue weighted by Gasteiger charge is -2.38. The molecular formula is C38H30BrN. The van der Waals surface area contributed by atoms with E-state index in [1.807, 2.05) is 0 Å². The van der Waals surface area contributed by atoms with Gasteiger partial charge in [0.05, 0.1) is 5.69 Å². The number of hydrogen-bond donors (Lipinski definition) is 0. The second-order valence-corrected chi connectivity index (χ2v) is 11.5. The highest BCUT2D eigenvalue weighted by molar-refractivity contribution is 9.10. The van der Waals surface area contributed by atoms with Crippen LogP contribution in [0.2, 0.25) is 0 Å². The van der Waals surface area contributed by atoms with E-state index < -0.39 is 0 Å². The van der Waals surface area contributed by atoms with Crippen LogP contribution in [0.3, 0.4) is 0 Å². The fourth-order valence-corrected chi connectivity index (χ4v) is 7.19. The first-order chi connectivity index (χ1) is 19.7. The van der Waals surface area contributed by atoms with Gasteiger partial charge in [-0.1, -0.05) is 126 Å². The van der Waals surface area contributed by atoms with Crippen molar-refractivity contribution in [3.05, 3.63) is 161 Å². The number of benzene rings is 6. The van der Waals surface area contributed by atoms with Crippen LogP contribution in [0.15, 0.2) is 144 Å². The summed E-state index contributed by atoms with van der Waals surface area (Å²) in [4.78, 5) is 2.42. The number of fused-ring (bicyclic) bond motifs is 5. The fourth-order valence-electron chi connectivity index (χ4n) is 6.83. The second kappa shape index (κ2) is 10.1. The van der Waals surface area contributed by atoms with E-state index in [1.54, 1.807) is 0 Å². The van der Waals surface area contributed by atoms with E-state index in [-0.39, 0.29) is 5.41 Å². The average molecular weight is 581 g/mol. The number of anilines is 3. The molecule has 1 aliphatic carbocycles. The summed E-state index contributed by atoms with van der Waals surface area (Å²) in [5.74, 6) is 0. The fraction of sp³-hybridized carbons (Fsp3) is 0.105. The van der Waals surface area contributed by atoms with Gasteiger partial charge in [0.25, 0.3) is 0 Å². The SMILES string of the molecule is CCCC1(c2ccccc2N(c2ccccc2)c2ccccc2)c2cc(Br)ccc2-c2c1ccc1ccccc21. The first-order valence-electron chi connectivity index (χ1n) is 14.0. The molecule has 40 heavy (non-hydrogen) atoms. The standard InChI is InChI=1S/C38H30BrN/c1-2-25-38(34-24-21-27-13-9-10-18-31(27)37(34)32-23-22-28(39)26-35(32)38)33-19-11-12-20-36(33)40(29-14-5-3-6-15-29)30-16-7-4-8-17-30/h3-24,26H,2,25H2,1H3. The zero-order valence-corrected chi connectivity index (χ0v) is 24.1. The first kappa shape index (κ1) is 24.9. The molecule has 0 spiro atoms. The van der Waals surface area contributed by atoms with Crippen LogP contribution in [-0.2, 0) is 5.41 Å². The molecule has 2 heteroatoms. The van der Waals surface area contributed by atoms with Crippen molar-refractivity contribution in [1.82, 2.24) is 0 Å². The van der Waals surface area contributed by atoms with Crippen LogP contribution in [0.25, 0.3) is 21.9 Å². The summed E-state index contributed by atoms with van der Waals surface area (Å²) in [7, 11) is 0. The van der Waals surface area contributed by atoms with Crippen LogP contribution in [0.4, 0.5) is 17.1 Å². The minimum absolute atomic E-state index is 0.300. The molecule has 1 unspecified atom stereocenters. The molecule has 0 saturated carbocycles. The third-order valence-corrected chi connectivity index (χ3v) is 8.85. The van der Waals surface area contributed by atoms with Crippen LogP contribution >= 0.6 is 15.9 Å². The number of para-hydroxylation sites is 3. The minimum Gasteiger partial charge on any atom is -0.310 e. The maximum Gasteiger partial charge on any atom is 0.0506 e. The molecule has 6 aromatic carbocycles. The number of halogens is 1. The molecular weight excluding hydrogens is 550 g/mol. The molecule has 7 rings (SSSR count). The molecule has 0 saturated heterocycles. The topological polar surface area (TPSA) is 3.24 Å². The molecule has 1 nitrogen and oxygen atoms in total. The lowest BCUT2D eigenvalue weighted by atomic mass is 9.68. The van der Waals surface area contributed by atoms with Gasteiger partial charge in [0.15, 0.2) is 0 Å². The predicted octanol–water partition coefficient (Wildman–Crippen LogP) is 11.2. The summed E-state index contributed by atoms with van der Waals surface area (Å²) in [6.45, 7) is 2.31. The molecule has 0 radical (unpaired) electrons. The largest absolute Gasteiger partial charge is 0.310 e. The molecule has 6 aromatic rings. The van der Waals surface area contributed by atoms with Crippen LogP contribution in [-0.4, -0.2) is 0 Å². The van der Waals surface area contributed by atoms with E-state index in [0.29, 0.717) is 0 Å². The van der Waals surface area contributed by atoms with Crippen molar-refractivity contribution in [3.63, 3.8) is 0 Å². The van der Waals surface area contributed by atoms with Crippen molar-refractivity contribution in [3.8, 4) is 11.1 Å². The van der Waals surface area contributed by atoms with Gasteiger partial charge in [-0.15, -0.1) is 0 Å². The molecule has 0 aliphatic heterocycles. The van der Waals surface area contributed by atoms with E-state index in [1.165, 1.54) is 44.3 Å². The molecule has 194 valence electrons. The maximum atomic E-state index is 3.85. The lowest BCUT2D eigenvalue weighted by molar-refractivity contribution is 0.563. The summed E-state index contributed by atoms with van der Waals surface area (Å²) < 4.78 is 1.12. The van der Waals surface area contributed by atoms with Crippen LogP contribution < -0.4 is 4.90 Å². The van der Waals surface area contributed by atoms with Gasteiger partial charge in [0.1, 0.15) is 0 Å². The number of nitrogens with zero attached hydrogens (tertiary/aromatic N) is 1. The zero-order valence-electron chi connectivity index (χ0n) is 22.5. The summed E-state index contributed by atoms with van der Waals surface area (Å²) in [5, 5.41) is 2.60. The van der Waals surface area contributed by atoms with Gasteiger partial charge in [0, 0.05) is 21.3 Å². The van der Waals surface area contributed by atoms with Gasteiger partial charge in [-0.25, -0.2) is 0 Å². The van der Waals surface area contributed by atoms with Crippen molar-refractivity contribution in [2.24, 2.45) is 0 Å². The van der Waals surface area contributed by atoms with Gasteiger partial charge in [-0.05, 0) is 87.5 Å². The summed E-state index contributed by atoms with van der Waals surface area (Å²) in [6, 6.07) is 50.9. The highest BCUT2D eigenvalue weighted by atomic mass is 79.9. The molecule has 0 bridgehead atoms. The molecule has 0 N–H and O–H groups in total. The Balaban J connectivity index is 1.59. The van der Waals surface area contributed by atoms with Crippen LogP contribution in [0, 0.1) is 0 Å². The Bertz CT molecular complexity index is 1790. The molecule has 0 aromatic heterocycles. The van der Waals surface area contributed by atoms with Crippen molar-refractivity contribution in [2.75, 3.05) is 4.90 Å². The lowest BCUT2D eigenvalue weighted by Crippen LogP contribution is -2.29. The monoisotopic (exact) mass is 579 g/mol. The minimum atomic E-state index is -0.300. The van der Waals surface area contributed by atoms with Crippen molar-refractivity contribution in [2.45, 2.75) is 25.2 Å². The average Bonchev–Trinajstić information content (AvgIpc) is 3.28. The van der Waals surface area contributed by atoms with E-state index in [0.717, 1.165) is 28.7 Å².